The van der Waals surface area contributed by atoms with E-state index in [-0.39, 0.29) is 22.4 Å². The van der Waals surface area contributed by atoms with E-state index < -0.39 is 5.82 Å². The number of carbonyl (C=O) groups excluding carboxylic acids is 1. The van der Waals surface area contributed by atoms with Crippen molar-refractivity contribution in [1.29, 1.82) is 10.5 Å². The zero-order valence-electron chi connectivity index (χ0n) is 19.4. The molecule has 1 aromatic carbocycles. The minimum atomic E-state index is -0.688. The lowest BCUT2D eigenvalue weighted by molar-refractivity contribution is 0.0626. The molecule has 0 spiro atoms. The van der Waals surface area contributed by atoms with Crippen molar-refractivity contribution in [3.05, 3.63) is 66.1 Å². The largest absolute Gasteiger partial charge is 0.346 e. The van der Waals surface area contributed by atoms with Crippen LogP contribution in [0.2, 0.25) is 0 Å². The average Bonchev–Trinajstić information content (AvgIpc) is 3.61. The standard InChI is InChI=1S/C24H20FN9OS2/c25-20-9-16(10-26)1-2-18(20)24(35)33-7-5-32(6-8-33)13-21(37-36-14-27)34-12-17(11-31-34)22-19-3-4-28-23(19)30-15-29-22/h1-4,9,11-12,15,21H,5-8,13H2,(H,28,29,30). The predicted molar refractivity (Wildman–Crippen MR) is 138 cm³/mol. The molecule has 4 aromatic rings. The van der Waals surface area contributed by atoms with Gasteiger partial charge in [-0.1, -0.05) is 0 Å². The summed E-state index contributed by atoms with van der Waals surface area (Å²) < 4.78 is 16.2. The molecule has 1 N–H and O–H groups in total. The van der Waals surface area contributed by atoms with Gasteiger partial charge in [-0.15, -0.1) is 0 Å². The Hall–Kier alpha value is -3.91. The summed E-state index contributed by atoms with van der Waals surface area (Å²) >= 11 is 0. The second-order valence-electron chi connectivity index (χ2n) is 8.30. The fourth-order valence-corrected chi connectivity index (χ4v) is 5.78. The van der Waals surface area contributed by atoms with Crippen LogP contribution in [0.4, 0.5) is 4.39 Å². The van der Waals surface area contributed by atoms with Crippen molar-refractivity contribution >= 4 is 38.5 Å². The Balaban J connectivity index is 1.26. The summed E-state index contributed by atoms with van der Waals surface area (Å²) in [6.07, 6.45) is 6.99. The maximum absolute atomic E-state index is 14.3. The lowest BCUT2D eigenvalue weighted by Crippen LogP contribution is -2.49. The van der Waals surface area contributed by atoms with E-state index in [4.69, 9.17) is 10.5 Å². The molecular weight excluding hydrogens is 513 g/mol. The zero-order valence-corrected chi connectivity index (χ0v) is 21.0. The van der Waals surface area contributed by atoms with Crippen LogP contribution in [-0.4, -0.2) is 73.2 Å². The molecule has 1 aliphatic rings. The van der Waals surface area contributed by atoms with E-state index >= 15 is 0 Å². The molecule has 5 rings (SSSR count). The normalized spacial score (nSPS) is 14.8. The zero-order chi connectivity index (χ0) is 25.8. The van der Waals surface area contributed by atoms with Crippen molar-refractivity contribution in [1.82, 2.24) is 34.5 Å². The highest BCUT2D eigenvalue weighted by Gasteiger charge is 2.27. The Morgan fingerprint density at radius 3 is 2.78 bits per heavy atom. The molecule has 1 saturated heterocycles. The number of benzene rings is 1. The monoisotopic (exact) mass is 533 g/mol. The molecule has 0 bridgehead atoms. The van der Waals surface area contributed by atoms with E-state index in [9.17, 15) is 9.18 Å². The molecule has 4 heterocycles. The minimum Gasteiger partial charge on any atom is -0.346 e. The van der Waals surface area contributed by atoms with Gasteiger partial charge < -0.3 is 9.88 Å². The Labute approximate surface area is 219 Å². The number of H-pyrrole nitrogens is 1. The first-order valence-corrected chi connectivity index (χ1v) is 13.5. The Morgan fingerprint density at radius 1 is 1.19 bits per heavy atom. The maximum atomic E-state index is 14.3. The molecule has 1 amide bonds. The summed E-state index contributed by atoms with van der Waals surface area (Å²) in [6, 6.07) is 7.69. The smallest absolute Gasteiger partial charge is 0.256 e. The van der Waals surface area contributed by atoms with E-state index in [1.165, 1.54) is 29.3 Å². The summed E-state index contributed by atoms with van der Waals surface area (Å²) in [5.41, 5.74) is 2.51. The van der Waals surface area contributed by atoms with Crippen LogP contribution in [0.15, 0.2) is 49.2 Å². The second kappa shape index (κ2) is 11.0. The molecule has 13 heteroatoms. The highest BCUT2D eigenvalue weighted by molar-refractivity contribution is 8.78. The predicted octanol–water partition coefficient (Wildman–Crippen LogP) is 3.65. The quantitative estimate of drug-likeness (QED) is 0.279. The van der Waals surface area contributed by atoms with Gasteiger partial charge in [-0.3, -0.25) is 14.4 Å². The third-order valence-corrected chi connectivity index (χ3v) is 8.06. The molecule has 0 saturated carbocycles. The first kappa shape index (κ1) is 24.8. The van der Waals surface area contributed by atoms with Crippen molar-refractivity contribution in [3.63, 3.8) is 0 Å². The third-order valence-electron chi connectivity index (χ3n) is 6.12. The van der Waals surface area contributed by atoms with Crippen LogP contribution in [0.25, 0.3) is 22.3 Å². The first-order valence-electron chi connectivity index (χ1n) is 11.3. The number of nitrogens with one attached hydrogen (secondary N) is 1. The second-order valence-corrected chi connectivity index (χ2v) is 10.5. The summed E-state index contributed by atoms with van der Waals surface area (Å²) in [5.74, 6) is -1.07. The van der Waals surface area contributed by atoms with Gasteiger partial charge in [0.05, 0.1) is 29.1 Å². The number of hydrogen-bond donors (Lipinski definition) is 1. The van der Waals surface area contributed by atoms with Gasteiger partial charge in [0.15, 0.2) is 0 Å². The Bertz CT molecular complexity index is 1510. The van der Waals surface area contributed by atoms with E-state index in [0.717, 1.165) is 39.2 Å². The lowest BCUT2D eigenvalue weighted by atomic mass is 10.1. The number of halogens is 1. The van der Waals surface area contributed by atoms with E-state index in [0.29, 0.717) is 32.7 Å². The van der Waals surface area contributed by atoms with Gasteiger partial charge in [-0.25, -0.2) is 14.4 Å². The van der Waals surface area contributed by atoms with E-state index in [2.05, 4.69) is 30.4 Å². The number of aromatic nitrogens is 5. The van der Waals surface area contributed by atoms with Gasteiger partial charge in [-0.2, -0.15) is 15.6 Å². The van der Waals surface area contributed by atoms with Crippen LogP contribution >= 0.6 is 21.6 Å². The number of thiocyanates is 1. The number of nitriles is 2. The number of nitrogens with zero attached hydrogens (tertiary/aromatic N) is 8. The van der Waals surface area contributed by atoms with Crippen molar-refractivity contribution < 1.29 is 9.18 Å². The molecule has 1 unspecified atom stereocenters. The molecule has 186 valence electrons. The average molecular weight is 534 g/mol. The summed E-state index contributed by atoms with van der Waals surface area (Å²) in [5, 5.41) is 25.5. The van der Waals surface area contributed by atoms with Gasteiger partial charge in [0.1, 0.15) is 28.6 Å². The SMILES string of the molecule is N#CSSC(CN1CCN(C(=O)c2ccc(C#N)cc2F)CC1)n1cc(-c2ncnc3[nH]ccc23)cn1. The van der Waals surface area contributed by atoms with Crippen molar-refractivity contribution in [3.8, 4) is 22.7 Å². The number of carbonyl (C=O) groups is 1. The van der Waals surface area contributed by atoms with Crippen molar-refractivity contribution in [2.45, 2.75) is 5.37 Å². The van der Waals surface area contributed by atoms with Gasteiger partial charge in [0.2, 0.25) is 0 Å². The van der Waals surface area contributed by atoms with Crippen LogP contribution in [0.1, 0.15) is 21.3 Å². The molecule has 0 radical (unpaired) electrons. The minimum absolute atomic E-state index is 0.0309. The molecule has 1 atom stereocenters. The van der Waals surface area contributed by atoms with Crippen LogP contribution < -0.4 is 0 Å². The number of amides is 1. The number of fused-ring (bicyclic) bond motifs is 1. The summed E-state index contributed by atoms with van der Waals surface area (Å²) in [4.78, 5) is 28.4. The Kier molecular flexibility index (Phi) is 7.37. The molecule has 0 aliphatic carbocycles. The topological polar surface area (TPSA) is 131 Å². The fraction of sp³-hybridized carbons (Fsp3) is 0.250. The summed E-state index contributed by atoms with van der Waals surface area (Å²) in [7, 11) is 2.50. The first-order chi connectivity index (χ1) is 18.1. The highest BCUT2D eigenvalue weighted by Crippen LogP contribution is 2.35. The fourth-order valence-electron chi connectivity index (χ4n) is 4.24. The van der Waals surface area contributed by atoms with Gasteiger partial charge in [0.25, 0.3) is 5.91 Å². The lowest BCUT2D eigenvalue weighted by Gasteiger charge is -2.36. The number of hydrogen-bond acceptors (Lipinski definition) is 9. The van der Waals surface area contributed by atoms with Crippen molar-refractivity contribution in [2.75, 3.05) is 32.7 Å². The van der Waals surface area contributed by atoms with E-state index in [1.54, 1.807) is 11.1 Å². The van der Waals surface area contributed by atoms with Crippen LogP contribution in [-0.2, 0) is 0 Å². The molecule has 10 nitrogen and oxygen atoms in total. The van der Waals surface area contributed by atoms with Gasteiger partial charge >= 0.3 is 0 Å². The number of piperazine rings is 1. The van der Waals surface area contributed by atoms with Crippen molar-refractivity contribution in [2.24, 2.45) is 0 Å². The molecule has 37 heavy (non-hydrogen) atoms. The molecular formula is C24H20FN9OS2. The number of aromatic amines is 1. The summed E-state index contributed by atoms with van der Waals surface area (Å²) in [6.45, 7) is 2.69. The third kappa shape index (κ3) is 5.29. The van der Waals surface area contributed by atoms with E-state index in [1.807, 2.05) is 29.2 Å². The molecule has 1 aliphatic heterocycles. The van der Waals surface area contributed by atoms with Crippen LogP contribution in [0, 0.1) is 27.8 Å². The highest BCUT2D eigenvalue weighted by atomic mass is 33.1. The van der Waals surface area contributed by atoms with Gasteiger partial charge in [0, 0.05) is 66.9 Å². The molecule has 1 fully saturated rings. The van der Waals surface area contributed by atoms with Crippen LogP contribution in [0.5, 0.6) is 0 Å². The number of rotatable bonds is 7. The van der Waals surface area contributed by atoms with Gasteiger partial charge in [-0.05, 0) is 35.1 Å². The maximum Gasteiger partial charge on any atom is 0.256 e. The Morgan fingerprint density at radius 2 is 2.03 bits per heavy atom. The van der Waals surface area contributed by atoms with Crippen LogP contribution in [0.3, 0.4) is 0 Å². The molecule has 3 aromatic heterocycles.